The average molecular weight is 594 g/mol. The highest BCUT2D eigenvalue weighted by Crippen LogP contribution is 2.44. The van der Waals surface area contributed by atoms with Crippen molar-refractivity contribution >= 4 is 20.1 Å². The standard InChI is InChI=1S/C30H44NO9P/c1-4-31-41(34,39-23-25(2)21-37-29(32)35-19-11-17-27-13-7-5-8-14-27)40-24-26(3)22-38-30(33)36-20-12-18-28-15-9-6-10-16-28/h5-10,13-16,25-26H,4,11-12,17-24H2,1-3H3,(H,31,34). The van der Waals surface area contributed by atoms with Gasteiger partial charge in [0.2, 0.25) is 0 Å². The summed E-state index contributed by atoms with van der Waals surface area (Å²) < 4.78 is 44.7. The van der Waals surface area contributed by atoms with Gasteiger partial charge in [0.15, 0.2) is 0 Å². The predicted molar refractivity (Wildman–Crippen MR) is 156 cm³/mol. The van der Waals surface area contributed by atoms with Gasteiger partial charge in [0.25, 0.3) is 0 Å². The van der Waals surface area contributed by atoms with E-state index in [9.17, 15) is 14.2 Å². The van der Waals surface area contributed by atoms with Crippen LogP contribution >= 0.6 is 7.75 Å². The first-order valence-corrected chi connectivity index (χ1v) is 15.6. The lowest BCUT2D eigenvalue weighted by atomic mass is 10.1. The minimum atomic E-state index is -3.62. The number of benzene rings is 2. The summed E-state index contributed by atoms with van der Waals surface area (Å²) >= 11 is 0. The van der Waals surface area contributed by atoms with Crippen LogP contribution in [0.1, 0.15) is 44.7 Å². The van der Waals surface area contributed by atoms with Crippen LogP contribution in [0.15, 0.2) is 60.7 Å². The van der Waals surface area contributed by atoms with Gasteiger partial charge in [-0.1, -0.05) is 81.4 Å². The molecule has 41 heavy (non-hydrogen) atoms. The van der Waals surface area contributed by atoms with Gasteiger partial charge in [0, 0.05) is 18.4 Å². The van der Waals surface area contributed by atoms with Crippen LogP contribution in [0, 0.1) is 11.8 Å². The van der Waals surface area contributed by atoms with E-state index in [2.05, 4.69) is 5.09 Å². The predicted octanol–water partition coefficient (Wildman–Crippen LogP) is 6.58. The second-order valence-electron chi connectivity index (χ2n) is 9.81. The molecule has 1 N–H and O–H groups in total. The molecule has 2 aromatic carbocycles. The molecule has 228 valence electrons. The normalized spacial score (nSPS) is 13.9. The number of rotatable bonds is 20. The van der Waals surface area contributed by atoms with Crippen molar-refractivity contribution in [3.8, 4) is 0 Å². The smallest absolute Gasteiger partial charge is 0.434 e. The van der Waals surface area contributed by atoms with E-state index in [1.54, 1.807) is 20.8 Å². The molecule has 0 radical (unpaired) electrons. The Morgan fingerprint density at radius 1 is 0.683 bits per heavy atom. The molecule has 0 saturated heterocycles. The molecule has 11 heteroatoms. The van der Waals surface area contributed by atoms with E-state index in [-0.39, 0.29) is 51.5 Å². The van der Waals surface area contributed by atoms with Gasteiger partial charge in [0.05, 0.1) is 39.6 Å². The molecule has 2 rings (SSSR count). The molecule has 0 bridgehead atoms. The van der Waals surface area contributed by atoms with Crippen LogP contribution in [0.2, 0.25) is 0 Å². The Hall–Kier alpha value is -2.91. The van der Waals surface area contributed by atoms with Crippen molar-refractivity contribution in [2.24, 2.45) is 11.8 Å². The molecule has 0 aliphatic rings. The second-order valence-corrected chi connectivity index (χ2v) is 11.6. The lowest BCUT2D eigenvalue weighted by Gasteiger charge is -2.22. The highest BCUT2D eigenvalue weighted by atomic mass is 31.2. The number of carbonyl (C=O) groups is 2. The van der Waals surface area contributed by atoms with E-state index < -0.39 is 20.1 Å². The minimum absolute atomic E-state index is 0.0335. The van der Waals surface area contributed by atoms with E-state index >= 15 is 0 Å². The first kappa shape index (κ1) is 34.3. The summed E-state index contributed by atoms with van der Waals surface area (Å²) in [5, 5.41) is 2.74. The first-order valence-electron chi connectivity index (χ1n) is 14.1. The maximum atomic E-state index is 13.1. The van der Waals surface area contributed by atoms with Gasteiger partial charge >= 0.3 is 20.1 Å². The fourth-order valence-electron chi connectivity index (χ4n) is 3.53. The molecule has 0 fully saturated rings. The molecule has 0 aliphatic heterocycles. The van der Waals surface area contributed by atoms with Crippen LogP contribution in [0.3, 0.4) is 0 Å². The van der Waals surface area contributed by atoms with Crippen molar-refractivity contribution < 1.29 is 42.1 Å². The van der Waals surface area contributed by atoms with Crippen molar-refractivity contribution in [2.45, 2.75) is 46.5 Å². The Morgan fingerprint density at radius 2 is 1.10 bits per heavy atom. The third-order valence-corrected chi connectivity index (χ3v) is 7.41. The molecule has 2 unspecified atom stereocenters. The molecule has 0 spiro atoms. The van der Waals surface area contributed by atoms with Crippen LogP contribution in [-0.4, -0.2) is 58.5 Å². The van der Waals surface area contributed by atoms with Crippen LogP contribution in [0.4, 0.5) is 9.59 Å². The van der Waals surface area contributed by atoms with Gasteiger partial charge < -0.3 is 18.9 Å². The zero-order chi connectivity index (χ0) is 29.8. The molecule has 0 aromatic heterocycles. The maximum absolute atomic E-state index is 13.1. The van der Waals surface area contributed by atoms with E-state index in [1.807, 2.05) is 60.7 Å². The lowest BCUT2D eigenvalue weighted by molar-refractivity contribution is 0.0354. The van der Waals surface area contributed by atoms with Crippen LogP contribution in [-0.2, 0) is 45.4 Å². The van der Waals surface area contributed by atoms with Crippen molar-refractivity contribution in [3.05, 3.63) is 71.8 Å². The van der Waals surface area contributed by atoms with Crippen molar-refractivity contribution in [2.75, 3.05) is 46.2 Å². The highest BCUT2D eigenvalue weighted by molar-refractivity contribution is 7.51. The molecule has 2 aromatic rings. The summed E-state index contributed by atoms with van der Waals surface area (Å²) in [6.07, 6.45) is 1.50. The van der Waals surface area contributed by atoms with E-state index in [0.717, 1.165) is 12.8 Å². The van der Waals surface area contributed by atoms with Crippen LogP contribution in [0.5, 0.6) is 0 Å². The summed E-state index contributed by atoms with van der Waals surface area (Å²) in [6.45, 7) is 6.39. The Morgan fingerprint density at radius 3 is 1.49 bits per heavy atom. The number of hydrogen-bond acceptors (Lipinski definition) is 9. The molecular formula is C30H44NO9P. The Labute approximate surface area is 243 Å². The van der Waals surface area contributed by atoms with Gasteiger partial charge in [-0.3, -0.25) is 9.05 Å². The first-order chi connectivity index (χ1) is 19.8. The molecule has 2 atom stereocenters. The summed E-state index contributed by atoms with van der Waals surface area (Å²) in [5.74, 6) is -0.500. The summed E-state index contributed by atoms with van der Waals surface area (Å²) in [4.78, 5) is 23.7. The number of hydrogen-bond donors (Lipinski definition) is 1. The van der Waals surface area contributed by atoms with Crippen LogP contribution in [0.25, 0.3) is 0 Å². The fraction of sp³-hybridized carbons (Fsp3) is 0.533. The van der Waals surface area contributed by atoms with Gasteiger partial charge in [-0.15, -0.1) is 0 Å². The zero-order valence-electron chi connectivity index (χ0n) is 24.3. The third-order valence-electron chi connectivity index (χ3n) is 5.73. The minimum Gasteiger partial charge on any atom is -0.434 e. The van der Waals surface area contributed by atoms with E-state index in [4.69, 9.17) is 28.0 Å². The Bertz CT molecular complexity index is 961. The SMILES string of the molecule is CCNP(=O)(OCC(C)COC(=O)OCCCc1ccccc1)OCC(C)COC(=O)OCCCc1ccccc1. The number of nitrogens with one attached hydrogen (secondary N) is 1. The Kier molecular flexibility index (Phi) is 16.8. The van der Waals surface area contributed by atoms with Crippen molar-refractivity contribution in [1.82, 2.24) is 5.09 Å². The quantitative estimate of drug-likeness (QED) is 0.102. The van der Waals surface area contributed by atoms with Crippen LogP contribution < -0.4 is 5.09 Å². The van der Waals surface area contributed by atoms with Gasteiger partial charge in [0.1, 0.15) is 0 Å². The highest BCUT2D eigenvalue weighted by Gasteiger charge is 2.26. The monoisotopic (exact) mass is 593 g/mol. The summed E-state index contributed by atoms with van der Waals surface area (Å²) in [6, 6.07) is 19.9. The molecule has 0 saturated carbocycles. The molecule has 0 aliphatic carbocycles. The topological polar surface area (TPSA) is 119 Å². The molecule has 0 amide bonds. The number of carbonyl (C=O) groups excluding carboxylic acids is 2. The van der Waals surface area contributed by atoms with E-state index in [0.29, 0.717) is 19.4 Å². The number of aryl methyl sites for hydroxylation is 2. The summed E-state index contributed by atoms with van der Waals surface area (Å²) in [5.41, 5.74) is 2.36. The second kappa shape index (κ2) is 20.0. The largest absolute Gasteiger partial charge is 0.508 e. The van der Waals surface area contributed by atoms with Gasteiger partial charge in [-0.05, 0) is 36.8 Å². The third kappa shape index (κ3) is 16.2. The van der Waals surface area contributed by atoms with Gasteiger partial charge in [-0.25, -0.2) is 19.2 Å². The maximum Gasteiger partial charge on any atom is 0.508 e. The molecular weight excluding hydrogens is 549 g/mol. The molecule has 10 nitrogen and oxygen atoms in total. The number of ether oxygens (including phenoxy) is 4. The Balaban J connectivity index is 1.57. The summed E-state index contributed by atoms with van der Waals surface area (Å²) in [7, 11) is -3.62. The van der Waals surface area contributed by atoms with Crippen molar-refractivity contribution in [1.29, 1.82) is 0 Å². The van der Waals surface area contributed by atoms with Gasteiger partial charge in [-0.2, -0.15) is 0 Å². The molecule has 0 heterocycles. The zero-order valence-corrected chi connectivity index (χ0v) is 25.2. The van der Waals surface area contributed by atoms with E-state index in [1.165, 1.54) is 11.1 Å². The average Bonchev–Trinajstić information content (AvgIpc) is 2.98. The van der Waals surface area contributed by atoms with Crippen molar-refractivity contribution in [3.63, 3.8) is 0 Å². The fourth-order valence-corrected chi connectivity index (χ4v) is 5.07. The lowest BCUT2D eigenvalue weighted by Crippen LogP contribution is -2.22.